The first-order valence-electron chi connectivity index (χ1n) is 6.19. The highest BCUT2D eigenvalue weighted by molar-refractivity contribution is 5.97. The highest BCUT2D eigenvalue weighted by atomic mass is 16.2. The van der Waals surface area contributed by atoms with E-state index >= 15 is 0 Å². The number of anilines is 1. The second kappa shape index (κ2) is 4.77. The minimum Gasteiger partial charge on any atom is -0.396 e. The van der Waals surface area contributed by atoms with E-state index in [4.69, 9.17) is 5.73 Å². The first-order chi connectivity index (χ1) is 8.09. The van der Waals surface area contributed by atoms with E-state index in [2.05, 4.69) is 29.4 Å². The monoisotopic (exact) mass is 236 g/mol. The molecule has 4 N–H and O–H groups in total. The largest absolute Gasteiger partial charge is 0.396 e. The molecule has 5 nitrogen and oxygen atoms in total. The van der Waals surface area contributed by atoms with E-state index in [1.165, 1.54) is 19.0 Å². The van der Waals surface area contributed by atoms with Gasteiger partial charge in [-0.25, -0.2) is 0 Å². The van der Waals surface area contributed by atoms with Gasteiger partial charge in [0.15, 0.2) is 0 Å². The second-order valence-electron chi connectivity index (χ2n) is 5.05. The summed E-state index contributed by atoms with van der Waals surface area (Å²) in [6.45, 7) is 4.44. The fourth-order valence-electron chi connectivity index (χ4n) is 2.50. The van der Waals surface area contributed by atoms with Crippen molar-refractivity contribution < 1.29 is 4.79 Å². The summed E-state index contributed by atoms with van der Waals surface area (Å²) < 4.78 is 0. The number of nitrogen functional groups attached to an aromatic ring is 1. The summed E-state index contributed by atoms with van der Waals surface area (Å²) in [7, 11) is 0. The van der Waals surface area contributed by atoms with Crippen molar-refractivity contribution in [1.29, 1.82) is 0 Å². The molecule has 0 spiro atoms. The van der Waals surface area contributed by atoms with Gasteiger partial charge in [-0.15, -0.1) is 0 Å². The fourth-order valence-corrected chi connectivity index (χ4v) is 2.50. The van der Waals surface area contributed by atoms with Gasteiger partial charge in [-0.05, 0) is 18.3 Å². The summed E-state index contributed by atoms with van der Waals surface area (Å²) >= 11 is 0. The molecule has 1 amide bonds. The fraction of sp³-hybridized carbons (Fsp3) is 0.667. The molecule has 1 saturated carbocycles. The number of rotatable bonds is 2. The molecule has 1 aromatic rings. The van der Waals surface area contributed by atoms with Crippen molar-refractivity contribution in [2.75, 3.05) is 5.73 Å². The van der Waals surface area contributed by atoms with Crippen LogP contribution in [0.4, 0.5) is 5.69 Å². The maximum absolute atomic E-state index is 12.0. The van der Waals surface area contributed by atoms with Crippen LogP contribution in [0, 0.1) is 11.8 Å². The van der Waals surface area contributed by atoms with Crippen molar-refractivity contribution in [3.05, 3.63) is 11.9 Å². The summed E-state index contributed by atoms with van der Waals surface area (Å²) in [6.07, 6.45) is 4.93. The molecule has 17 heavy (non-hydrogen) atoms. The molecule has 0 saturated heterocycles. The van der Waals surface area contributed by atoms with Crippen LogP contribution in [0.25, 0.3) is 0 Å². The number of nitrogens with two attached hydrogens (primary N) is 1. The minimum atomic E-state index is -0.147. The maximum atomic E-state index is 12.0. The van der Waals surface area contributed by atoms with Gasteiger partial charge in [-0.2, -0.15) is 5.10 Å². The number of carbonyl (C=O) groups is 1. The molecule has 1 heterocycles. The molecule has 94 valence electrons. The summed E-state index contributed by atoms with van der Waals surface area (Å²) in [5, 5.41) is 9.44. The maximum Gasteiger partial charge on any atom is 0.271 e. The first kappa shape index (κ1) is 12.0. The van der Waals surface area contributed by atoms with Crippen LogP contribution in [-0.4, -0.2) is 22.1 Å². The Morgan fingerprint density at radius 3 is 2.94 bits per heavy atom. The van der Waals surface area contributed by atoms with Crippen LogP contribution in [0.5, 0.6) is 0 Å². The predicted molar refractivity (Wildman–Crippen MR) is 66.4 cm³/mol. The topological polar surface area (TPSA) is 83.8 Å². The average molecular weight is 236 g/mol. The normalized spacial score (nSPS) is 28.9. The molecule has 1 aromatic heterocycles. The van der Waals surface area contributed by atoms with Gasteiger partial charge in [0.2, 0.25) is 0 Å². The van der Waals surface area contributed by atoms with E-state index in [0.29, 0.717) is 23.2 Å². The second-order valence-corrected chi connectivity index (χ2v) is 5.05. The third-order valence-electron chi connectivity index (χ3n) is 3.92. The molecule has 5 heteroatoms. The summed E-state index contributed by atoms with van der Waals surface area (Å²) in [4.78, 5) is 12.0. The number of hydrogen-bond acceptors (Lipinski definition) is 3. The Kier molecular flexibility index (Phi) is 3.36. The Hall–Kier alpha value is -1.52. The molecule has 0 aliphatic heterocycles. The lowest BCUT2D eigenvalue weighted by atomic mass is 9.78. The summed E-state index contributed by atoms with van der Waals surface area (Å²) in [5.74, 6) is 1.02. The van der Waals surface area contributed by atoms with Crippen molar-refractivity contribution in [3.63, 3.8) is 0 Å². The molecule has 1 aliphatic carbocycles. The molecule has 2 rings (SSSR count). The Morgan fingerprint density at radius 2 is 2.29 bits per heavy atom. The van der Waals surface area contributed by atoms with Crippen molar-refractivity contribution in [1.82, 2.24) is 15.5 Å². The molecular weight excluding hydrogens is 216 g/mol. The van der Waals surface area contributed by atoms with E-state index in [-0.39, 0.29) is 11.9 Å². The molecule has 0 bridgehead atoms. The van der Waals surface area contributed by atoms with Crippen LogP contribution < -0.4 is 11.1 Å². The van der Waals surface area contributed by atoms with Gasteiger partial charge < -0.3 is 11.1 Å². The van der Waals surface area contributed by atoms with Crippen molar-refractivity contribution in [2.24, 2.45) is 11.8 Å². The Labute approximate surface area is 101 Å². The third-order valence-corrected chi connectivity index (χ3v) is 3.92. The van der Waals surface area contributed by atoms with E-state index < -0.39 is 0 Å². The minimum absolute atomic E-state index is 0.147. The molecule has 1 fully saturated rings. The number of hydrogen-bond donors (Lipinski definition) is 3. The van der Waals surface area contributed by atoms with Crippen LogP contribution in [-0.2, 0) is 0 Å². The molecule has 3 atom stereocenters. The standard InChI is InChI=1S/C12H20N4O/c1-7-4-3-5-10(8(7)2)15-12(17)11-9(13)6-14-16-11/h6-8,10H,3-5,13H2,1-2H3,(H,14,16)(H,15,17). The predicted octanol–water partition coefficient (Wildman–Crippen LogP) is 1.55. The number of H-pyrrole nitrogens is 1. The van der Waals surface area contributed by atoms with Crippen LogP contribution >= 0.6 is 0 Å². The van der Waals surface area contributed by atoms with Crippen LogP contribution in [0.2, 0.25) is 0 Å². The first-order valence-corrected chi connectivity index (χ1v) is 6.19. The van der Waals surface area contributed by atoms with E-state index in [0.717, 1.165) is 6.42 Å². The number of aromatic amines is 1. The van der Waals surface area contributed by atoms with Crippen molar-refractivity contribution >= 4 is 11.6 Å². The Morgan fingerprint density at radius 1 is 1.53 bits per heavy atom. The van der Waals surface area contributed by atoms with Crippen LogP contribution in [0.15, 0.2) is 6.20 Å². The van der Waals surface area contributed by atoms with Gasteiger partial charge in [0.05, 0.1) is 11.9 Å². The molecule has 0 aromatic carbocycles. The Balaban J connectivity index is 2.01. The summed E-state index contributed by atoms with van der Waals surface area (Å²) in [6, 6.07) is 0.244. The van der Waals surface area contributed by atoms with Crippen molar-refractivity contribution in [3.8, 4) is 0 Å². The smallest absolute Gasteiger partial charge is 0.271 e. The molecule has 3 unspecified atom stereocenters. The number of aromatic nitrogens is 2. The van der Waals surface area contributed by atoms with Gasteiger partial charge in [0.25, 0.3) is 5.91 Å². The zero-order valence-corrected chi connectivity index (χ0v) is 10.4. The highest BCUT2D eigenvalue weighted by Gasteiger charge is 2.28. The van der Waals surface area contributed by atoms with E-state index in [1.807, 2.05) is 0 Å². The zero-order chi connectivity index (χ0) is 12.4. The zero-order valence-electron chi connectivity index (χ0n) is 10.4. The lowest BCUT2D eigenvalue weighted by Gasteiger charge is -2.34. The van der Waals surface area contributed by atoms with Crippen molar-refractivity contribution in [2.45, 2.75) is 39.2 Å². The summed E-state index contributed by atoms with van der Waals surface area (Å²) in [5.41, 5.74) is 6.43. The molecule has 1 aliphatic rings. The van der Waals surface area contributed by atoms with Gasteiger partial charge >= 0.3 is 0 Å². The van der Waals surface area contributed by atoms with Gasteiger partial charge in [-0.3, -0.25) is 9.89 Å². The quantitative estimate of drug-likeness (QED) is 0.728. The number of nitrogens with zero attached hydrogens (tertiary/aromatic N) is 1. The number of carbonyl (C=O) groups excluding carboxylic acids is 1. The SMILES string of the molecule is CC1CCCC(NC(=O)c2[nH]ncc2N)C1C. The van der Waals surface area contributed by atoms with E-state index in [1.54, 1.807) is 0 Å². The third kappa shape index (κ3) is 2.43. The van der Waals surface area contributed by atoms with Crippen LogP contribution in [0.3, 0.4) is 0 Å². The van der Waals surface area contributed by atoms with E-state index in [9.17, 15) is 4.79 Å². The lowest BCUT2D eigenvalue weighted by molar-refractivity contribution is 0.0887. The molecular formula is C12H20N4O. The Bertz CT molecular complexity index is 401. The molecule has 0 radical (unpaired) electrons. The van der Waals surface area contributed by atoms with Gasteiger partial charge in [0, 0.05) is 6.04 Å². The average Bonchev–Trinajstić information content (AvgIpc) is 2.71. The highest BCUT2D eigenvalue weighted by Crippen LogP contribution is 2.29. The van der Waals surface area contributed by atoms with Gasteiger partial charge in [0.1, 0.15) is 5.69 Å². The van der Waals surface area contributed by atoms with Gasteiger partial charge in [-0.1, -0.05) is 26.7 Å². The lowest BCUT2D eigenvalue weighted by Crippen LogP contribution is -2.44. The number of nitrogens with one attached hydrogen (secondary N) is 2. The number of amides is 1. The van der Waals surface area contributed by atoms with Crippen LogP contribution in [0.1, 0.15) is 43.6 Å².